The third kappa shape index (κ3) is 3.87. The molecule has 1 heterocycles. The van der Waals surface area contributed by atoms with Crippen LogP contribution in [0.1, 0.15) is 40.0 Å². The Bertz CT molecular complexity index is 323. The van der Waals surface area contributed by atoms with Gasteiger partial charge >= 0.3 is 12.1 Å². The van der Waals surface area contributed by atoms with Gasteiger partial charge in [-0.15, -0.1) is 0 Å². The Hall–Kier alpha value is -1.30. The number of amides is 1. The lowest BCUT2D eigenvalue weighted by atomic mass is 9.98. The number of hydrogen-bond acceptors (Lipinski definition) is 4. The van der Waals surface area contributed by atoms with Gasteiger partial charge < -0.3 is 19.8 Å². The van der Waals surface area contributed by atoms with Crippen molar-refractivity contribution in [3.05, 3.63) is 0 Å². The van der Waals surface area contributed by atoms with Crippen LogP contribution in [0, 0.1) is 0 Å². The fourth-order valence-electron chi connectivity index (χ4n) is 2.00. The van der Waals surface area contributed by atoms with Crippen molar-refractivity contribution in [1.29, 1.82) is 0 Å². The number of carboxylic acid groups (broad SMARTS) is 1. The van der Waals surface area contributed by atoms with Crippen LogP contribution in [0.15, 0.2) is 0 Å². The normalized spacial score (nSPS) is 22.4. The highest BCUT2D eigenvalue weighted by atomic mass is 16.6. The van der Waals surface area contributed by atoms with Gasteiger partial charge in [0.15, 0.2) is 6.10 Å². The zero-order valence-corrected chi connectivity index (χ0v) is 11.0. The van der Waals surface area contributed by atoms with E-state index in [0.717, 1.165) is 12.8 Å². The minimum Gasteiger partial charge on any atom is -0.479 e. The number of nitrogens with zero attached hydrogens (tertiary/aromatic N) is 1. The second kappa shape index (κ2) is 5.56. The van der Waals surface area contributed by atoms with E-state index in [2.05, 4.69) is 0 Å². The van der Waals surface area contributed by atoms with Crippen LogP contribution < -0.4 is 0 Å². The van der Waals surface area contributed by atoms with Gasteiger partial charge in [-0.05, 0) is 40.0 Å². The molecule has 104 valence electrons. The summed E-state index contributed by atoms with van der Waals surface area (Å²) in [5.41, 5.74) is -0.632. The molecule has 2 N–H and O–H groups in total. The van der Waals surface area contributed by atoms with Gasteiger partial charge in [0, 0.05) is 6.54 Å². The molecule has 1 aliphatic heterocycles. The number of carboxylic acids is 1. The highest BCUT2D eigenvalue weighted by Gasteiger charge is 2.37. The minimum absolute atomic E-state index is 0.421. The molecule has 6 heteroatoms. The van der Waals surface area contributed by atoms with Crippen molar-refractivity contribution >= 4 is 12.1 Å². The van der Waals surface area contributed by atoms with E-state index in [1.807, 2.05) is 0 Å². The molecule has 0 aliphatic carbocycles. The van der Waals surface area contributed by atoms with Crippen molar-refractivity contribution in [3.63, 3.8) is 0 Å². The van der Waals surface area contributed by atoms with Crippen molar-refractivity contribution in [2.24, 2.45) is 0 Å². The second-order valence-electron chi connectivity index (χ2n) is 5.52. The van der Waals surface area contributed by atoms with Gasteiger partial charge in [-0.3, -0.25) is 0 Å². The third-order valence-corrected chi connectivity index (χ3v) is 2.79. The number of aliphatic carboxylic acids is 1. The second-order valence-corrected chi connectivity index (χ2v) is 5.52. The molecule has 2 unspecified atom stereocenters. The first-order valence-electron chi connectivity index (χ1n) is 6.13. The fraction of sp³-hybridized carbons (Fsp3) is 0.833. The minimum atomic E-state index is -1.56. The predicted molar refractivity (Wildman–Crippen MR) is 64.2 cm³/mol. The van der Waals surface area contributed by atoms with Crippen LogP contribution in [0.4, 0.5) is 4.79 Å². The van der Waals surface area contributed by atoms with Gasteiger partial charge in [-0.25, -0.2) is 9.59 Å². The molecule has 1 rings (SSSR count). The molecular weight excluding hydrogens is 238 g/mol. The van der Waals surface area contributed by atoms with Gasteiger partial charge in [-0.2, -0.15) is 0 Å². The highest BCUT2D eigenvalue weighted by molar-refractivity contribution is 5.75. The molecule has 6 nitrogen and oxygen atoms in total. The smallest absolute Gasteiger partial charge is 0.410 e. The van der Waals surface area contributed by atoms with E-state index in [0.29, 0.717) is 13.0 Å². The molecule has 2 atom stereocenters. The summed E-state index contributed by atoms with van der Waals surface area (Å²) < 4.78 is 5.22. The largest absolute Gasteiger partial charge is 0.479 e. The summed E-state index contributed by atoms with van der Waals surface area (Å²) in [6, 6.07) is -0.703. The summed E-state index contributed by atoms with van der Waals surface area (Å²) in [6.07, 6.45) is -0.0476. The summed E-state index contributed by atoms with van der Waals surface area (Å²) in [6.45, 7) is 5.66. The van der Waals surface area contributed by atoms with Crippen molar-refractivity contribution in [2.45, 2.75) is 57.8 Å². The number of aliphatic hydroxyl groups excluding tert-OH is 1. The van der Waals surface area contributed by atoms with Crippen molar-refractivity contribution < 1.29 is 24.5 Å². The van der Waals surface area contributed by atoms with E-state index in [9.17, 15) is 14.7 Å². The first-order chi connectivity index (χ1) is 8.22. The van der Waals surface area contributed by atoms with E-state index in [1.54, 1.807) is 20.8 Å². The monoisotopic (exact) mass is 259 g/mol. The molecule has 1 aliphatic rings. The molecule has 0 aromatic carbocycles. The van der Waals surface area contributed by atoms with Crippen LogP contribution >= 0.6 is 0 Å². The van der Waals surface area contributed by atoms with Crippen molar-refractivity contribution in [1.82, 2.24) is 4.90 Å². The lowest BCUT2D eigenvalue weighted by molar-refractivity contribution is -0.151. The summed E-state index contributed by atoms with van der Waals surface area (Å²) in [4.78, 5) is 24.1. The van der Waals surface area contributed by atoms with Crippen molar-refractivity contribution in [2.75, 3.05) is 6.54 Å². The summed E-state index contributed by atoms with van der Waals surface area (Å²) in [5, 5.41) is 18.5. The van der Waals surface area contributed by atoms with Crippen LogP contribution in [-0.2, 0) is 9.53 Å². The van der Waals surface area contributed by atoms with Gasteiger partial charge in [0.25, 0.3) is 0 Å². The maximum atomic E-state index is 12.0. The molecule has 18 heavy (non-hydrogen) atoms. The number of hydrogen-bond donors (Lipinski definition) is 2. The van der Waals surface area contributed by atoms with E-state index in [1.165, 1.54) is 4.90 Å². The standard InChI is InChI=1S/C12H21NO5/c1-12(2,3)18-11(17)13-7-5-4-6-8(13)9(14)10(15)16/h8-9,14H,4-7H2,1-3H3,(H,15,16). The van der Waals surface area contributed by atoms with Gasteiger partial charge in [0.2, 0.25) is 0 Å². The van der Waals surface area contributed by atoms with Crippen LogP contribution in [0.3, 0.4) is 0 Å². The molecule has 0 aromatic heterocycles. The van der Waals surface area contributed by atoms with Crippen LogP contribution in [0.2, 0.25) is 0 Å². The Balaban J connectivity index is 2.76. The van der Waals surface area contributed by atoms with Gasteiger partial charge in [-0.1, -0.05) is 0 Å². The zero-order valence-electron chi connectivity index (χ0n) is 11.0. The zero-order chi connectivity index (χ0) is 13.9. The first kappa shape index (κ1) is 14.8. The maximum Gasteiger partial charge on any atom is 0.410 e. The van der Waals surface area contributed by atoms with Crippen LogP contribution in [0.25, 0.3) is 0 Å². The third-order valence-electron chi connectivity index (χ3n) is 2.79. The average Bonchev–Trinajstić information content (AvgIpc) is 2.25. The van der Waals surface area contributed by atoms with Crippen molar-refractivity contribution in [3.8, 4) is 0 Å². The van der Waals surface area contributed by atoms with E-state index in [4.69, 9.17) is 9.84 Å². The Labute approximate surface area is 107 Å². The predicted octanol–water partition coefficient (Wildman–Crippen LogP) is 1.22. The van der Waals surface area contributed by atoms with E-state index < -0.39 is 29.8 Å². The molecule has 0 saturated carbocycles. The number of ether oxygens (including phenoxy) is 1. The Kier molecular flexibility index (Phi) is 4.56. The fourth-order valence-corrected chi connectivity index (χ4v) is 2.00. The number of likely N-dealkylation sites (tertiary alicyclic amines) is 1. The lowest BCUT2D eigenvalue weighted by Crippen LogP contribution is -2.53. The topological polar surface area (TPSA) is 87.1 Å². The molecular formula is C12H21NO5. The lowest BCUT2D eigenvalue weighted by Gasteiger charge is -2.37. The quantitative estimate of drug-likeness (QED) is 0.778. The van der Waals surface area contributed by atoms with E-state index in [-0.39, 0.29) is 0 Å². The molecule has 0 aromatic rings. The number of carbonyl (C=O) groups excluding carboxylic acids is 1. The average molecular weight is 259 g/mol. The number of aliphatic hydroxyl groups is 1. The Morgan fingerprint density at radius 2 is 1.94 bits per heavy atom. The molecule has 0 bridgehead atoms. The molecule has 1 fully saturated rings. The molecule has 0 spiro atoms. The van der Waals surface area contributed by atoms with E-state index >= 15 is 0 Å². The van der Waals surface area contributed by atoms with Crippen LogP contribution in [-0.4, -0.2) is 51.5 Å². The number of carbonyl (C=O) groups is 2. The highest BCUT2D eigenvalue weighted by Crippen LogP contribution is 2.22. The summed E-state index contributed by atoms with van der Waals surface area (Å²) in [7, 11) is 0. The van der Waals surface area contributed by atoms with Gasteiger partial charge in [0.1, 0.15) is 5.60 Å². The SMILES string of the molecule is CC(C)(C)OC(=O)N1CCCCC1C(O)C(=O)O. The maximum absolute atomic E-state index is 12.0. The number of rotatable bonds is 2. The molecule has 1 amide bonds. The Morgan fingerprint density at radius 3 is 2.44 bits per heavy atom. The molecule has 0 radical (unpaired) electrons. The van der Waals surface area contributed by atoms with Gasteiger partial charge in [0.05, 0.1) is 6.04 Å². The number of piperidine rings is 1. The Morgan fingerprint density at radius 1 is 1.33 bits per heavy atom. The summed E-state index contributed by atoms with van der Waals surface area (Å²) in [5.74, 6) is -1.31. The molecule has 1 saturated heterocycles. The first-order valence-corrected chi connectivity index (χ1v) is 6.13. The van der Waals surface area contributed by atoms with Crippen LogP contribution in [0.5, 0.6) is 0 Å². The summed E-state index contributed by atoms with van der Waals surface area (Å²) >= 11 is 0.